The zero-order valence-corrected chi connectivity index (χ0v) is 19.9. The van der Waals surface area contributed by atoms with Crippen molar-refractivity contribution in [1.29, 1.82) is 0 Å². The minimum absolute atomic E-state index is 0.0332. The standard InChI is InChI=1S/C22H35N5O5S/c28-22(20-15-21(32-25-20)16-1-2-16)24-17-13-18-3-4-19(14-17)27(18)33(29,30)12-6-23-5-7-26-8-10-31-11-9-26/h15-19,23H,1-14H2,(H,24,28)/t17?,18-,19+. The second-order valence-electron chi connectivity index (χ2n) is 9.77. The van der Waals surface area contributed by atoms with Crippen LogP contribution in [0.1, 0.15) is 60.7 Å². The van der Waals surface area contributed by atoms with Gasteiger partial charge >= 0.3 is 0 Å². The van der Waals surface area contributed by atoms with Gasteiger partial charge in [0.15, 0.2) is 5.69 Å². The molecule has 5 rings (SSSR count). The molecule has 1 saturated carbocycles. The Morgan fingerprint density at radius 3 is 2.52 bits per heavy atom. The van der Waals surface area contributed by atoms with E-state index in [4.69, 9.17) is 9.26 Å². The highest BCUT2D eigenvalue weighted by Gasteiger charge is 2.46. The van der Waals surface area contributed by atoms with Gasteiger partial charge in [-0.3, -0.25) is 9.69 Å². The Morgan fingerprint density at radius 2 is 1.82 bits per heavy atom. The molecule has 33 heavy (non-hydrogen) atoms. The quantitative estimate of drug-likeness (QED) is 0.465. The molecule has 4 aliphatic rings. The van der Waals surface area contributed by atoms with Crippen molar-refractivity contribution in [3.63, 3.8) is 0 Å². The number of piperidine rings is 1. The van der Waals surface area contributed by atoms with Crippen LogP contribution in [0.15, 0.2) is 10.6 Å². The van der Waals surface area contributed by atoms with E-state index in [2.05, 4.69) is 20.7 Å². The number of fused-ring (bicyclic) bond motifs is 2. The minimum atomic E-state index is -3.33. The van der Waals surface area contributed by atoms with Gasteiger partial charge < -0.3 is 19.9 Å². The number of aromatic nitrogens is 1. The van der Waals surface area contributed by atoms with E-state index in [0.717, 1.165) is 70.8 Å². The van der Waals surface area contributed by atoms with Gasteiger partial charge in [0.1, 0.15) is 5.76 Å². The zero-order valence-electron chi connectivity index (χ0n) is 19.1. The first kappa shape index (κ1) is 23.2. The van der Waals surface area contributed by atoms with Crippen LogP contribution >= 0.6 is 0 Å². The van der Waals surface area contributed by atoms with Crippen molar-refractivity contribution in [3.05, 3.63) is 17.5 Å². The predicted molar refractivity (Wildman–Crippen MR) is 122 cm³/mol. The number of sulfonamides is 1. The molecule has 1 amide bonds. The Kier molecular flexibility index (Phi) is 7.03. The number of ether oxygens (including phenoxy) is 1. The van der Waals surface area contributed by atoms with Crippen molar-refractivity contribution in [1.82, 2.24) is 25.0 Å². The molecule has 1 aliphatic carbocycles. The average Bonchev–Trinajstić information content (AvgIpc) is 3.45. The molecular formula is C22H35N5O5S. The molecule has 3 atom stereocenters. The number of hydrogen-bond acceptors (Lipinski definition) is 8. The van der Waals surface area contributed by atoms with Crippen LogP contribution in [0, 0.1) is 0 Å². The Morgan fingerprint density at radius 1 is 1.09 bits per heavy atom. The van der Waals surface area contributed by atoms with Gasteiger partial charge in [-0.05, 0) is 38.5 Å². The Labute approximate surface area is 195 Å². The van der Waals surface area contributed by atoms with Gasteiger partial charge in [-0.1, -0.05) is 5.16 Å². The second-order valence-corrected chi connectivity index (χ2v) is 11.8. The van der Waals surface area contributed by atoms with Crippen molar-refractivity contribution in [2.24, 2.45) is 0 Å². The van der Waals surface area contributed by atoms with Crippen LogP contribution in [-0.2, 0) is 14.8 Å². The predicted octanol–water partition coefficient (Wildman–Crippen LogP) is 0.529. The molecule has 1 unspecified atom stereocenters. The molecule has 1 aromatic heterocycles. The van der Waals surface area contributed by atoms with E-state index in [1.807, 2.05) is 0 Å². The van der Waals surface area contributed by atoms with Gasteiger partial charge in [0.25, 0.3) is 5.91 Å². The molecule has 0 radical (unpaired) electrons. The topological polar surface area (TPSA) is 117 Å². The van der Waals surface area contributed by atoms with Crippen LogP contribution in [0.5, 0.6) is 0 Å². The molecule has 4 heterocycles. The Balaban J connectivity index is 1.07. The number of nitrogens with one attached hydrogen (secondary N) is 2. The van der Waals surface area contributed by atoms with E-state index in [-0.39, 0.29) is 29.8 Å². The normalized spacial score (nSPS) is 28.8. The second kappa shape index (κ2) is 9.99. The van der Waals surface area contributed by atoms with Gasteiger partial charge in [0, 0.05) is 62.8 Å². The summed E-state index contributed by atoms with van der Waals surface area (Å²) in [5, 5.41) is 10.3. The molecule has 10 nitrogen and oxygen atoms in total. The fourth-order valence-electron chi connectivity index (χ4n) is 5.42. The maximum absolute atomic E-state index is 13.1. The van der Waals surface area contributed by atoms with Crippen LogP contribution < -0.4 is 10.6 Å². The van der Waals surface area contributed by atoms with Crippen molar-refractivity contribution in [2.75, 3.05) is 51.7 Å². The molecule has 184 valence electrons. The molecule has 3 saturated heterocycles. The summed E-state index contributed by atoms with van der Waals surface area (Å²) < 4.78 is 38.5. The third kappa shape index (κ3) is 5.59. The molecule has 2 N–H and O–H groups in total. The molecule has 4 fully saturated rings. The van der Waals surface area contributed by atoms with Crippen LogP contribution in [0.4, 0.5) is 0 Å². The van der Waals surface area contributed by atoms with Gasteiger partial charge in [0.05, 0.1) is 19.0 Å². The van der Waals surface area contributed by atoms with Crippen molar-refractivity contribution >= 4 is 15.9 Å². The minimum Gasteiger partial charge on any atom is -0.379 e. The fourth-order valence-corrected chi connectivity index (χ4v) is 7.32. The summed E-state index contributed by atoms with van der Waals surface area (Å²) >= 11 is 0. The summed E-state index contributed by atoms with van der Waals surface area (Å²) in [4.78, 5) is 14.9. The van der Waals surface area contributed by atoms with Gasteiger partial charge in [-0.2, -0.15) is 4.31 Å². The molecule has 0 aromatic carbocycles. The number of amides is 1. The smallest absolute Gasteiger partial charge is 0.273 e. The van der Waals surface area contributed by atoms with E-state index < -0.39 is 10.0 Å². The average molecular weight is 482 g/mol. The third-order valence-corrected chi connectivity index (χ3v) is 9.27. The molecule has 0 spiro atoms. The SMILES string of the molecule is O=C(NC1C[C@H]2CC[C@@H](C1)N2S(=O)(=O)CCNCCN1CCOCC1)c1cc(C2CC2)on1. The van der Waals surface area contributed by atoms with E-state index in [9.17, 15) is 13.2 Å². The lowest BCUT2D eigenvalue weighted by Crippen LogP contribution is -2.53. The number of carbonyl (C=O) groups excluding carboxylic acids is 1. The van der Waals surface area contributed by atoms with Gasteiger partial charge in [0.2, 0.25) is 10.0 Å². The van der Waals surface area contributed by atoms with Gasteiger partial charge in [-0.25, -0.2) is 8.42 Å². The zero-order chi connectivity index (χ0) is 22.8. The highest BCUT2D eigenvalue weighted by Crippen LogP contribution is 2.40. The molecule has 11 heteroatoms. The summed E-state index contributed by atoms with van der Waals surface area (Å²) in [7, 11) is -3.33. The molecule has 3 aliphatic heterocycles. The highest BCUT2D eigenvalue weighted by atomic mass is 32.2. The third-order valence-electron chi connectivity index (χ3n) is 7.31. The molecular weight excluding hydrogens is 446 g/mol. The lowest BCUT2D eigenvalue weighted by Gasteiger charge is -2.38. The lowest BCUT2D eigenvalue weighted by molar-refractivity contribution is 0.0385. The van der Waals surface area contributed by atoms with E-state index >= 15 is 0 Å². The first-order valence-corrected chi connectivity index (χ1v) is 13.9. The largest absolute Gasteiger partial charge is 0.379 e. The Bertz CT molecular complexity index is 913. The number of carbonyl (C=O) groups is 1. The monoisotopic (exact) mass is 481 g/mol. The van der Waals surface area contributed by atoms with E-state index in [1.54, 1.807) is 10.4 Å². The summed E-state index contributed by atoms with van der Waals surface area (Å²) in [6.07, 6.45) is 5.21. The summed E-state index contributed by atoms with van der Waals surface area (Å²) in [6, 6.07) is 1.64. The maximum atomic E-state index is 13.1. The summed E-state index contributed by atoms with van der Waals surface area (Å²) in [5.74, 6) is 1.09. The van der Waals surface area contributed by atoms with Crippen LogP contribution in [-0.4, -0.2) is 98.5 Å². The maximum Gasteiger partial charge on any atom is 0.273 e. The number of rotatable bonds is 10. The molecule has 1 aromatic rings. The van der Waals surface area contributed by atoms with Crippen molar-refractivity contribution in [3.8, 4) is 0 Å². The number of nitrogens with zero attached hydrogens (tertiary/aromatic N) is 3. The van der Waals surface area contributed by atoms with Crippen LogP contribution in [0.3, 0.4) is 0 Å². The number of morpholine rings is 1. The number of hydrogen-bond donors (Lipinski definition) is 2. The van der Waals surface area contributed by atoms with Gasteiger partial charge in [-0.15, -0.1) is 0 Å². The van der Waals surface area contributed by atoms with Crippen LogP contribution in [0.2, 0.25) is 0 Å². The van der Waals surface area contributed by atoms with E-state index in [0.29, 0.717) is 31.0 Å². The van der Waals surface area contributed by atoms with Crippen molar-refractivity contribution in [2.45, 2.75) is 62.6 Å². The first-order valence-electron chi connectivity index (χ1n) is 12.3. The highest BCUT2D eigenvalue weighted by molar-refractivity contribution is 7.89. The first-order chi connectivity index (χ1) is 16.0. The summed E-state index contributed by atoms with van der Waals surface area (Å²) in [5.41, 5.74) is 0.322. The molecule has 2 bridgehead atoms. The Hall–Kier alpha value is -1.53. The summed E-state index contributed by atoms with van der Waals surface area (Å²) in [6.45, 7) is 5.56. The van der Waals surface area contributed by atoms with E-state index in [1.165, 1.54) is 0 Å². The van der Waals surface area contributed by atoms with Crippen LogP contribution in [0.25, 0.3) is 0 Å². The lowest BCUT2D eigenvalue weighted by atomic mass is 9.99. The van der Waals surface area contributed by atoms with Crippen molar-refractivity contribution < 1.29 is 22.5 Å². The fraction of sp³-hybridized carbons (Fsp3) is 0.818.